The molecule has 1 aliphatic heterocycles. The molecule has 2 rings (SSSR count). The van der Waals surface area contributed by atoms with Crippen LogP contribution in [0.3, 0.4) is 0 Å². The van der Waals surface area contributed by atoms with Crippen molar-refractivity contribution in [2.45, 2.75) is 19.9 Å². The Hall–Kier alpha value is -1.02. The molecule has 2 heteroatoms. The second-order valence-electron chi connectivity index (χ2n) is 4.47. The molecule has 0 bridgehead atoms. The highest BCUT2D eigenvalue weighted by atomic mass is 15.1. The minimum absolute atomic E-state index is 1.12. The Labute approximate surface area is 92.5 Å². The monoisotopic (exact) mass is 204 g/mol. The van der Waals surface area contributed by atoms with E-state index in [1.165, 1.54) is 29.8 Å². The Bertz CT molecular complexity index is 344. The lowest BCUT2D eigenvalue weighted by Crippen LogP contribution is -2.30. The van der Waals surface area contributed by atoms with Crippen molar-refractivity contribution >= 4 is 5.69 Å². The number of nitrogens with zero attached hydrogens (tertiary/aromatic N) is 2. The summed E-state index contributed by atoms with van der Waals surface area (Å²) >= 11 is 0. The van der Waals surface area contributed by atoms with Gasteiger partial charge in [-0.25, -0.2) is 0 Å². The molecular formula is C13H20N2. The maximum atomic E-state index is 2.50. The van der Waals surface area contributed by atoms with Crippen LogP contribution in [0.25, 0.3) is 0 Å². The molecule has 0 aromatic heterocycles. The minimum atomic E-state index is 1.12. The molecule has 0 aliphatic carbocycles. The molecule has 0 atom stereocenters. The molecule has 82 valence electrons. The topological polar surface area (TPSA) is 6.48 Å². The van der Waals surface area contributed by atoms with Gasteiger partial charge in [0.15, 0.2) is 0 Å². The summed E-state index contributed by atoms with van der Waals surface area (Å²) in [5, 5.41) is 0. The molecule has 1 aromatic carbocycles. The highest BCUT2D eigenvalue weighted by Gasteiger charge is 2.15. The molecule has 0 unspecified atom stereocenters. The van der Waals surface area contributed by atoms with Crippen LogP contribution in [-0.2, 0) is 13.0 Å². The predicted molar refractivity (Wildman–Crippen MR) is 65.4 cm³/mol. The molecular weight excluding hydrogens is 184 g/mol. The number of likely N-dealkylation sites (N-methyl/N-ethyl adjacent to an activating group) is 1. The van der Waals surface area contributed by atoms with E-state index in [1.807, 2.05) is 0 Å². The van der Waals surface area contributed by atoms with Gasteiger partial charge in [-0.05, 0) is 36.2 Å². The Morgan fingerprint density at radius 3 is 2.73 bits per heavy atom. The van der Waals surface area contributed by atoms with E-state index in [0.717, 1.165) is 13.1 Å². The summed E-state index contributed by atoms with van der Waals surface area (Å²) in [5.41, 5.74) is 4.35. The normalized spacial score (nSPS) is 16.2. The quantitative estimate of drug-likeness (QED) is 0.728. The molecule has 1 aromatic rings. The zero-order chi connectivity index (χ0) is 10.8. The summed E-state index contributed by atoms with van der Waals surface area (Å²) in [6.45, 7) is 5.73. The predicted octanol–water partition coefficient (Wildman–Crippen LogP) is 2.13. The van der Waals surface area contributed by atoms with Gasteiger partial charge in [-0.1, -0.05) is 13.0 Å². The summed E-state index contributed by atoms with van der Waals surface area (Å²) in [5.74, 6) is 0. The van der Waals surface area contributed by atoms with Crippen LogP contribution in [0.5, 0.6) is 0 Å². The zero-order valence-electron chi connectivity index (χ0n) is 9.95. The van der Waals surface area contributed by atoms with Crippen molar-refractivity contribution < 1.29 is 0 Å². The molecule has 0 N–H and O–H groups in total. The fraction of sp³-hybridized carbons (Fsp3) is 0.538. The van der Waals surface area contributed by atoms with E-state index in [4.69, 9.17) is 0 Å². The third kappa shape index (κ3) is 2.15. The molecule has 0 amide bonds. The Kier molecular flexibility index (Phi) is 2.96. The van der Waals surface area contributed by atoms with Crippen LogP contribution in [0.15, 0.2) is 18.2 Å². The lowest BCUT2D eigenvalue weighted by molar-refractivity contribution is 0.268. The van der Waals surface area contributed by atoms with Gasteiger partial charge in [0.05, 0.1) is 0 Å². The van der Waals surface area contributed by atoms with Gasteiger partial charge >= 0.3 is 0 Å². The third-order valence-electron chi connectivity index (χ3n) is 3.24. The van der Waals surface area contributed by atoms with Crippen molar-refractivity contribution in [3.8, 4) is 0 Å². The molecule has 0 saturated heterocycles. The van der Waals surface area contributed by atoms with Crippen molar-refractivity contribution in [3.63, 3.8) is 0 Å². The molecule has 0 saturated carbocycles. The number of fused-ring (bicyclic) bond motifs is 1. The smallest absolute Gasteiger partial charge is 0.0364 e. The summed E-state index contributed by atoms with van der Waals surface area (Å²) in [6.07, 6.45) is 1.21. The van der Waals surface area contributed by atoms with E-state index in [-0.39, 0.29) is 0 Å². The van der Waals surface area contributed by atoms with Crippen LogP contribution >= 0.6 is 0 Å². The van der Waals surface area contributed by atoms with Crippen molar-refractivity contribution in [2.75, 3.05) is 32.1 Å². The Balaban J connectivity index is 2.26. The van der Waals surface area contributed by atoms with E-state index in [2.05, 4.69) is 49.0 Å². The first-order valence-electron chi connectivity index (χ1n) is 5.72. The standard InChI is InChI=1S/C13H20N2/c1-4-15-8-7-11-5-6-13(14(2)3)9-12(11)10-15/h5-6,9H,4,7-8,10H2,1-3H3. The molecule has 0 fully saturated rings. The van der Waals surface area contributed by atoms with Crippen molar-refractivity contribution in [1.82, 2.24) is 4.90 Å². The van der Waals surface area contributed by atoms with Crippen LogP contribution in [0.4, 0.5) is 5.69 Å². The first-order valence-corrected chi connectivity index (χ1v) is 5.72. The molecule has 1 aliphatic rings. The fourth-order valence-corrected chi connectivity index (χ4v) is 2.15. The average molecular weight is 204 g/mol. The summed E-state index contributed by atoms with van der Waals surface area (Å²) in [4.78, 5) is 4.67. The lowest BCUT2D eigenvalue weighted by Gasteiger charge is -2.28. The minimum Gasteiger partial charge on any atom is -0.378 e. The largest absolute Gasteiger partial charge is 0.378 e. The highest BCUT2D eigenvalue weighted by Crippen LogP contribution is 2.23. The van der Waals surface area contributed by atoms with Crippen molar-refractivity contribution in [1.29, 1.82) is 0 Å². The molecule has 0 radical (unpaired) electrons. The fourth-order valence-electron chi connectivity index (χ4n) is 2.15. The Morgan fingerprint density at radius 2 is 2.07 bits per heavy atom. The van der Waals surface area contributed by atoms with E-state index in [1.54, 1.807) is 0 Å². The zero-order valence-corrected chi connectivity index (χ0v) is 9.95. The van der Waals surface area contributed by atoms with Gasteiger partial charge < -0.3 is 4.90 Å². The Morgan fingerprint density at radius 1 is 1.27 bits per heavy atom. The third-order valence-corrected chi connectivity index (χ3v) is 3.24. The number of rotatable bonds is 2. The van der Waals surface area contributed by atoms with Gasteiger partial charge in [0.2, 0.25) is 0 Å². The number of hydrogen-bond acceptors (Lipinski definition) is 2. The maximum Gasteiger partial charge on any atom is 0.0364 e. The van der Waals surface area contributed by atoms with Crippen LogP contribution in [0.1, 0.15) is 18.1 Å². The highest BCUT2D eigenvalue weighted by molar-refractivity contribution is 5.50. The first-order chi connectivity index (χ1) is 7.20. The SMILES string of the molecule is CCN1CCc2ccc(N(C)C)cc2C1. The van der Waals surface area contributed by atoms with Gasteiger partial charge in [0, 0.05) is 32.9 Å². The van der Waals surface area contributed by atoms with Gasteiger partial charge in [0.1, 0.15) is 0 Å². The van der Waals surface area contributed by atoms with Crippen LogP contribution in [0.2, 0.25) is 0 Å². The van der Waals surface area contributed by atoms with E-state index >= 15 is 0 Å². The van der Waals surface area contributed by atoms with Crippen LogP contribution in [-0.4, -0.2) is 32.1 Å². The van der Waals surface area contributed by atoms with Crippen molar-refractivity contribution in [2.24, 2.45) is 0 Å². The van der Waals surface area contributed by atoms with Crippen molar-refractivity contribution in [3.05, 3.63) is 29.3 Å². The van der Waals surface area contributed by atoms with E-state index < -0.39 is 0 Å². The van der Waals surface area contributed by atoms with Crippen LogP contribution in [0, 0.1) is 0 Å². The second-order valence-corrected chi connectivity index (χ2v) is 4.47. The van der Waals surface area contributed by atoms with E-state index in [0.29, 0.717) is 0 Å². The molecule has 15 heavy (non-hydrogen) atoms. The first kappa shape index (κ1) is 10.5. The maximum absolute atomic E-state index is 2.50. The number of hydrogen-bond donors (Lipinski definition) is 0. The summed E-state index contributed by atoms with van der Waals surface area (Å²) in [7, 11) is 4.20. The van der Waals surface area contributed by atoms with Gasteiger partial charge in [-0.2, -0.15) is 0 Å². The second kappa shape index (κ2) is 4.23. The number of anilines is 1. The molecule has 1 heterocycles. The lowest BCUT2D eigenvalue weighted by atomic mass is 9.99. The van der Waals surface area contributed by atoms with Crippen LogP contribution < -0.4 is 4.90 Å². The van der Waals surface area contributed by atoms with Gasteiger partial charge in [-0.3, -0.25) is 4.90 Å². The molecule has 0 spiro atoms. The molecule has 2 nitrogen and oxygen atoms in total. The van der Waals surface area contributed by atoms with Gasteiger partial charge in [0.25, 0.3) is 0 Å². The number of benzene rings is 1. The summed E-state index contributed by atoms with van der Waals surface area (Å²) in [6, 6.07) is 6.84. The van der Waals surface area contributed by atoms with Gasteiger partial charge in [-0.15, -0.1) is 0 Å². The average Bonchev–Trinajstić information content (AvgIpc) is 2.27. The van der Waals surface area contributed by atoms with E-state index in [9.17, 15) is 0 Å². The summed E-state index contributed by atoms with van der Waals surface area (Å²) < 4.78 is 0.